The highest BCUT2D eigenvalue weighted by Crippen LogP contribution is 2.35. The van der Waals surface area contributed by atoms with Crippen molar-refractivity contribution < 1.29 is 14.4 Å². The highest BCUT2D eigenvalue weighted by atomic mass is 16.2. The molecule has 0 aromatic carbocycles. The molecule has 3 amide bonds. The third-order valence-corrected chi connectivity index (χ3v) is 3.43. The van der Waals surface area contributed by atoms with Gasteiger partial charge in [0.2, 0.25) is 17.7 Å². The maximum atomic E-state index is 11.9. The van der Waals surface area contributed by atoms with E-state index in [1.54, 1.807) is 6.92 Å². The Balaban J connectivity index is 2.13. The first-order valence-corrected chi connectivity index (χ1v) is 5.46. The van der Waals surface area contributed by atoms with Gasteiger partial charge in [-0.15, -0.1) is 0 Å². The molecule has 6 heteroatoms. The lowest BCUT2D eigenvalue weighted by molar-refractivity contribution is -0.139. The van der Waals surface area contributed by atoms with Crippen molar-refractivity contribution in [1.29, 1.82) is 5.26 Å². The van der Waals surface area contributed by atoms with Gasteiger partial charge in [0, 0.05) is 7.05 Å². The number of hydrogen-bond donors (Lipinski definition) is 1. The van der Waals surface area contributed by atoms with Crippen LogP contribution in [0.15, 0.2) is 0 Å². The largest absolute Gasteiger partial charge is 0.337 e. The maximum absolute atomic E-state index is 11.9. The number of imide groups is 1. The standard InChI is InChI=1S/C11H13N3O3/c1-6-7(10(17)14(2)9(6)16)8(15)13-11(5-12)3-4-11/h6-7H,3-4H2,1-2H3,(H,13,15). The second-order valence-corrected chi connectivity index (χ2v) is 4.68. The van der Waals surface area contributed by atoms with Crippen LogP contribution < -0.4 is 5.32 Å². The fourth-order valence-corrected chi connectivity index (χ4v) is 2.02. The van der Waals surface area contributed by atoms with E-state index in [-0.39, 0.29) is 5.91 Å². The van der Waals surface area contributed by atoms with E-state index >= 15 is 0 Å². The van der Waals surface area contributed by atoms with Crippen molar-refractivity contribution in [2.45, 2.75) is 25.3 Å². The number of likely N-dealkylation sites (tertiary alicyclic amines) is 1. The van der Waals surface area contributed by atoms with Gasteiger partial charge in [0.15, 0.2) is 0 Å². The molecule has 1 saturated carbocycles. The maximum Gasteiger partial charge on any atom is 0.242 e. The third-order valence-electron chi connectivity index (χ3n) is 3.43. The van der Waals surface area contributed by atoms with Gasteiger partial charge < -0.3 is 5.32 Å². The van der Waals surface area contributed by atoms with Crippen LogP contribution in [0.2, 0.25) is 0 Å². The molecule has 1 heterocycles. The first kappa shape index (κ1) is 11.6. The molecule has 0 bridgehead atoms. The zero-order valence-corrected chi connectivity index (χ0v) is 9.69. The lowest BCUT2D eigenvalue weighted by atomic mass is 9.95. The summed E-state index contributed by atoms with van der Waals surface area (Å²) in [6, 6.07) is 2.02. The van der Waals surface area contributed by atoms with Gasteiger partial charge >= 0.3 is 0 Å². The second-order valence-electron chi connectivity index (χ2n) is 4.68. The Morgan fingerprint density at radius 3 is 2.41 bits per heavy atom. The Bertz CT molecular complexity index is 447. The zero-order chi connectivity index (χ0) is 12.8. The molecule has 1 saturated heterocycles. The molecule has 0 aromatic heterocycles. The Morgan fingerprint density at radius 2 is 2.06 bits per heavy atom. The summed E-state index contributed by atoms with van der Waals surface area (Å²) in [5.41, 5.74) is -0.804. The summed E-state index contributed by atoms with van der Waals surface area (Å²) in [4.78, 5) is 36.1. The van der Waals surface area contributed by atoms with Gasteiger partial charge in [0.05, 0.1) is 12.0 Å². The number of carbonyl (C=O) groups is 3. The fourth-order valence-electron chi connectivity index (χ4n) is 2.02. The van der Waals surface area contributed by atoms with Crippen molar-refractivity contribution in [1.82, 2.24) is 10.2 Å². The van der Waals surface area contributed by atoms with Crippen molar-refractivity contribution in [3.63, 3.8) is 0 Å². The van der Waals surface area contributed by atoms with Crippen molar-refractivity contribution in [3.8, 4) is 6.07 Å². The molecule has 2 unspecified atom stereocenters. The van der Waals surface area contributed by atoms with Crippen LogP contribution in [0.3, 0.4) is 0 Å². The van der Waals surface area contributed by atoms with Gasteiger partial charge in [-0.05, 0) is 12.8 Å². The summed E-state index contributed by atoms with van der Waals surface area (Å²) in [6.45, 7) is 1.56. The topological polar surface area (TPSA) is 90.3 Å². The third kappa shape index (κ3) is 1.68. The molecular formula is C11H13N3O3. The number of hydrogen-bond acceptors (Lipinski definition) is 4. The van der Waals surface area contributed by atoms with Crippen LogP contribution in [0.1, 0.15) is 19.8 Å². The molecule has 2 fully saturated rings. The lowest BCUT2D eigenvalue weighted by Gasteiger charge is -2.14. The van der Waals surface area contributed by atoms with E-state index in [1.807, 2.05) is 6.07 Å². The van der Waals surface area contributed by atoms with Crippen molar-refractivity contribution in [2.24, 2.45) is 11.8 Å². The van der Waals surface area contributed by atoms with Crippen molar-refractivity contribution in [3.05, 3.63) is 0 Å². The molecule has 90 valence electrons. The van der Waals surface area contributed by atoms with Gasteiger partial charge in [-0.1, -0.05) is 6.92 Å². The summed E-state index contributed by atoms with van der Waals surface area (Å²) in [5, 5.41) is 11.4. The molecule has 6 nitrogen and oxygen atoms in total. The molecular weight excluding hydrogens is 222 g/mol. The predicted molar refractivity (Wildman–Crippen MR) is 56.2 cm³/mol. The number of rotatable bonds is 2. The molecule has 2 aliphatic rings. The zero-order valence-electron chi connectivity index (χ0n) is 9.69. The summed E-state index contributed by atoms with van der Waals surface area (Å²) in [7, 11) is 1.37. The lowest BCUT2D eigenvalue weighted by Crippen LogP contribution is -2.43. The van der Waals surface area contributed by atoms with Gasteiger partial charge in [-0.2, -0.15) is 5.26 Å². The monoisotopic (exact) mass is 235 g/mol. The smallest absolute Gasteiger partial charge is 0.242 e. The van der Waals surface area contributed by atoms with Crippen LogP contribution in [-0.2, 0) is 14.4 Å². The van der Waals surface area contributed by atoms with E-state index in [9.17, 15) is 14.4 Å². The van der Waals surface area contributed by atoms with Crippen LogP contribution >= 0.6 is 0 Å². The number of nitrogens with zero attached hydrogens (tertiary/aromatic N) is 2. The van der Waals surface area contributed by atoms with E-state index in [2.05, 4.69) is 5.32 Å². The van der Waals surface area contributed by atoms with E-state index in [0.717, 1.165) is 4.90 Å². The van der Waals surface area contributed by atoms with Crippen LogP contribution in [0.5, 0.6) is 0 Å². The highest BCUT2D eigenvalue weighted by molar-refractivity contribution is 6.14. The van der Waals surface area contributed by atoms with Crippen molar-refractivity contribution >= 4 is 17.7 Å². The van der Waals surface area contributed by atoms with E-state index < -0.39 is 29.2 Å². The average molecular weight is 235 g/mol. The van der Waals surface area contributed by atoms with Gasteiger partial charge in [0.1, 0.15) is 11.5 Å². The molecule has 0 spiro atoms. The van der Waals surface area contributed by atoms with Crippen molar-refractivity contribution in [2.75, 3.05) is 7.05 Å². The second kappa shape index (κ2) is 3.55. The Morgan fingerprint density at radius 1 is 1.47 bits per heavy atom. The summed E-state index contributed by atoms with van der Waals surface area (Å²) in [6.07, 6.45) is 1.21. The molecule has 1 aliphatic heterocycles. The molecule has 2 atom stereocenters. The van der Waals surface area contributed by atoms with Crippen LogP contribution in [-0.4, -0.2) is 35.2 Å². The quantitative estimate of drug-likeness (QED) is 0.511. The minimum atomic E-state index is -0.988. The summed E-state index contributed by atoms with van der Waals surface area (Å²) >= 11 is 0. The van der Waals surface area contributed by atoms with E-state index in [4.69, 9.17) is 5.26 Å². The first-order valence-electron chi connectivity index (χ1n) is 5.46. The number of carbonyl (C=O) groups excluding carboxylic acids is 3. The van der Waals surface area contributed by atoms with Crippen LogP contribution in [0.25, 0.3) is 0 Å². The Kier molecular flexibility index (Phi) is 2.42. The molecule has 0 radical (unpaired) electrons. The SMILES string of the molecule is CC1C(=O)N(C)C(=O)C1C(=O)NC1(C#N)CC1. The predicted octanol–water partition coefficient (Wildman–Crippen LogP) is -0.590. The van der Waals surface area contributed by atoms with Gasteiger partial charge in [0.25, 0.3) is 0 Å². The molecule has 17 heavy (non-hydrogen) atoms. The minimum absolute atomic E-state index is 0.350. The molecule has 2 rings (SSSR count). The number of nitrogens with one attached hydrogen (secondary N) is 1. The minimum Gasteiger partial charge on any atom is -0.337 e. The molecule has 1 aliphatic carbocycles. The van der Waals surface area contributed by atoms with Crippen LogP contribution in [0.4, 0.5) is 0 Å². The normalized spacial score (nSPS) is 30.1. The van der Waals surface area contributed by atoms with Gasteiger partial charge in [-0.3, -0.25) is 19.3 Å². The first-order chi connectivity index (χ1) is 7.92. The fraction of sp³-hybridized carbons (Fsp3) is 0.636. The molecule has 1 N–H and O–H groups in total. The van der Waals surface area contributed by atoms with E-state index in [1.165, 1.54) is 7.05 Å². The summed E-state index contributed by atoms with van der Waals surface area (Å²) < 4.78 is 0. The number of amides is 3. The van der Waals surface area contributed by atoms with Gasteiger partial charge in [-0.25, -0.2) is 0 Å². The van der Waals surface area contributed by atoms with Crippen LogP contribution in [0, 0.1) is 23.2 Å². The molecule has 0 aromatic rings. The average Bonchev–Trinajstić information content (AvgIpc) is 3.03. The van der Waals surface area contributed by atoms with E-state index in [0.29, 0.717) is 12.8 Å². The Labute approximate surface area is 98.6 Å². The summed E-state index contributed by atoms with van der Waals surface area (Å²) in [5.74, 6) is -3.00. The Hall–Kier alpha value is -1.90. The highest BCUT2D eigenvalue weighted by Gasteiger charge is 2.51. The number of nitriles is 1.